The van der Waals surface area contributed by atoms with Gasteiger partial charge in [0.2, 0.25) is 5.89 Å². The monoisotopic (exact) mass is 437 g/mol. The third kappa shape index (κ3) is 4.54. The normalized spacial score (nSPS) is 20.9. The van der Waals surface area contributed by atoms with Gasteiger partial charge in [0.15, 0.2) is 0 Å². The van der Waals surface area contributed by atoms with Gasteiger partial charge in [-0.2, -0.15) is 0 Å². The van der Waals surface area contributed by atoms with Crippen LogP contribution in [0.3, 0.4) is 0 Å². The van der Waals surface area contributed by atoms with Crippen molar-refractivity contribution in [2.45, 2.75) is 64.2 Å². The highest BCUT2D eigenvalue weighted by molar-refractivity contribution is 7.14. The number of thiophene rings is 1. The van der Waals surface area contributed by atoms with Crippen molar-refractivity contribution in [2.24, 2.45) is 5.92 Å². The van der Waals surface area contributed by atoms with E-state index in [2.05, 4.69) is 31.5 Å². The van der Waals surface area contributed by atoms with E-state index in [1.807, 2.05) is 6.92 Å². The predicted octanol–water partition coefficient (Wildman–Crippen LogP) is 4.48. The third-order valence-electron chi connectivity index (χ3n) is 6.41. The van der Waals surface area contributed by atoms with Crippen molar-refractivity contribution in [3.63, 3.8) is 0 Å². The molecule has 8 heteroatoms. The number of carbonyl (C=O) groups excluding carboxylic acids is 1. The molecular weight excluding hydrogens is 410 g/mol. The minimum atomic E-state index is 0.0854. The van der Waals surface area contributed by atoms with Gasteiger partial charge in [-0.25, -0.2) is 4.98 Å². The van der Waals surface area contributed by atoms with Crippen LogP contribution in [0.4, 0.5) is 0 Å². The van der Waals surface area contributed by atoms with E-state index in [9.17, 15) is 4.79 Å². The first-order valence-corrected chi connectivity index (χ1v) is 12.0. The Morgan fingerprint density at radius 2 is 1.97 bits per heavy atom. The van der Waals surface area contributed by atoms with E-state index in [-0.39, 0.29) is 11.8 Å². The molecule has 0 radical (unpaired) electrons. The Labute approximate surface area is 185 Å². The lowest BCUT2D eigenvalue weighted by Gasteiger charge is -2.26. The summed E-state index contributed by atoms with van der Waals surface area (Å²) in [4.78, 5) is 23.4. The molecule has 2 aliphatic carbocycles. The van der Waals surface area contributed by atoms with Crippen LogP contribution in [0.2, 0.25) is 0 Å². The molecule has 0 spiro atoms. The summed E-state index contributed by atoms with van der Waals surface area (Å²) >= 11 is 1.68. The molecule has 3 aromatic rings. The SMILES string of the molecule is Cc1cnc(-c2nnc(C3CCC(CNC(=O)c4cc5c(s4)CCCC5)CC3)o2)cn1. The fraction of sp³-hybridized carbons (Fsp3) is 0.522. The van der Waals surface area contributed by atoms with Crippen molar-refractivity contribution in [3.05, 3.63) is 45.4 Å². The maximum atomic E-state index is 12.6. The van der Waals surface area contributed by atoms with Crippen molar-refractivity contribution in [3.8, 4) is 11.6 Å². The van der Waals surface area contributed by atoms with Crippen LogP contribution in [0.5, 0.6) is 0 Å². The summed E-state index contributed by atoms with van der Waals surface area (Å²) in [6.45, 7) is 2.63. The lowest BCUT2D eigenvalue weighted by atomic mass is 9.82. The summed E-state index contributed by atoms with van der Waals surface area (Å²) in [5.74, 6) is 1.97. The average molecular weight is 438 g/mol. The van der Waals surface area contributed by atoms with Crippen molar-refractivity contribution in [1.82, 2.24) is 25.5 Å². The van der Waals surface area contributed by atoms with Crippen molar-refractivity contribution >= 4 is 17.2 Å². The molecule has 31 heavy (non-hydrogen) atoms. The first-order valence-electron chi connectivity index (χ1n) is 11.2. The Kier molecular flexibility index (Phi) is 5.80. The number of aryl methyl sites for hydroxylation is 3. The lowest BCUT2D eigenvalue weighted by Crippen LogP contribution is -2.30. The van der Waals surface area contributed by atoms with Gasteiger partial charge in [0, 0.05) is 23.5 Å². The molecule has 0 aliphatic heterocycles. The molecular formula is C23H27N5O2S. The lowest BCUT2D eigenvalue weighted by molar-refractivity contribution is 0.0946. The van der Waals surface area contributed by atoms with Crippen LogP contribution in [0.1, 0.15) is 76.1 Å². The maximum absolute atomic E-state index is 12.6. The van der Waals surface area contributed by atoms with Gasteiger partial charge in [0.1, 0.15) is 5.69 Å². The van der Waals surface area contributed by atoms with Gasteiger partial charge in [-0.05, 0) is 75.8 Å². The number of nitrogens with one attached hydrogen (secondary N) is 1. The molecule has 7 nitrogen and oxygen atoms in total. The summed E-state index contributed by atoms with van der Waals surface area (Å²) in [5, 5.41) is 11.6. The number of amides is 1. The Bertz CT molecular complexity index is 1030. The molecule has 0 atom stereocenters. The standard InChI is InChI=1S/C23H27N5O2S/c1-14-11-25-18(13-24-14)23-28-27-22(30-23)16-8-6-15(7-9-16)12-26-21(29)20-10-17-4-2-3-5-19(17)31-20/h10-11,13,15-16H,2-9,12H2,1H3,(H,26,29). The fourth-order valence-electron chi connectivity index (χ4n) is 4.55. The van der Waals surface area contributed by atoms with E-state index < -0.39 is 0 Å². The van der Waals surface area contributed by atoms with Crippen molar-refractivity contribution in [2.75, 3.05) is 6.54 Å². The van der Waals surface area contributed by atoms with E-state index in [4.69, 9.17) is 4.42 Å². The highest BCUT2D eigenvalue weighted by Gasteiger charge is 2.27. The third-order valence-corrected chi connectivity index (χ3v) is 7.64. The topological polar surface area (TPSA) is 93.8 Å². The highest BCUT2D eigenvalue weighted by Crippen LogP contribution is 2.36. The molecule has 0 bridgehead atoms. The molecule has 0 saturated heterocycles. The first-order chi connectivity index (χ1) is 15.2. The minimum absolute atomic E-state index is 0.0854. The van der Waals surface area contributed by atoms with Crippen LogP contribution < -0.4 is 5.32 Å². The van der Waals surface area contributed by atoms with Crippen LogP contribution in [0.25, 0.3) is 11.6 Å². The van der Waals surface area contributed by atoms with E-state index >= 15 is 0 Å². The number of rotatable bonds is 5. The average Bonchev–Trinajstić information content (AvgIpc) is 3.46. The highest BCUT2D eigenvalue weighted by atomic mass is 32.1. The summed E-state index contributed by atoms with van der Waals surface area (Å²) < 4.78 is 5.89. The van der Waals surface area contributed by atoms with E-state index in [1.165, 1.54) is 23.3 Å². The van der Waals surface area contributed by atoms with Gasteiger partial charge < -0.3 is 9.73 Å². The van der Waals surface area contributed by atoms with Gasteiger partial charge in [-0.15, -0.1) is 21.5 Å². The Morgan fingerprint density at radius 3 is 2.74 bits per heavy atom. The number of hydrogen-bond acceptors (Lipinski definition) is 7. The van der Waals surface area contributed by atoms with E-state index in [0.717, 1.165) is 55.6 Å². The van der Waals surface area contributed by atoms with Gasteiger partial charge in [-0.1, -0.05) is 0 Å². The van der Waals surface area contributed by atoms with Gasteiger partial charge >= 0.3 is 0 Å². The van der Waals surface area contributed by atoms with Gasteiger partial charge in [0.05, 0.1) is 16.8 Å². The van der Waals surface area contributed by atoms with Gasteiger partial charge in [0.25, 0.3) is 11.8 Å². The molecule has 3 aromatic heterocycles. The van der Waals surface area contributed by atoms with Crippen LogP contribution in [0.15, 0.2) is 22.9 Å². The molecule has 3 heterocycles. The van der Waals surface area contributed by atoms with Crippen LogP contribution in [-0.2, 0) is 12.8 Å². The van der Waals surface area contributed by atoms with Gasteiger partial charge in [-0.3, -0.25) is 9.78 Å². The second kappa shape index (κ2) is 8.86. The zero-order valence-electron chi connectivity index (χ0n) is 17.8. The summed E-state index contributed by atoms with van der Waals surface area (Å²) in [5.41, 5.74) is 2.85. The zero-order chi connectivity index (χ0) is 21.2. The van der Waals surface area contributed by atoms with Crippen LogP contribution in [0, 0.1) is 12.8 Å². The quantitative estimate of drug-likeness (QED) is 0.632. The zero-order valence-corrected chi connectivity index (χ0v) is 18.6. The second-order valence-electron chi connectivity index (χ2n) is 8.68. The number of fused-ring (bicyclic) bond motifs is 1. The predicted molar refractivity (Wildman–Crippen MR) is 118 cm³/mol. The molecule has 5 rings (SSSR count). The number of aromatic nitrogens is 4. The smallest absolute Gasteiger partial charge is 0.267 e. The van der Waals surface area contributed by atoms with Crippen molar-refractivity contribution < 1.29 is 9.21 Å². The molecule has 1 fully saturated rings. The molecule has 162 valence electrons. The Morgan fingerprint density at radius 1 is 1.13 bits per heavy atom. The summed E-state index contributed by atoms with van der Waals surface area (Å²) in [7, 11) is 0. The van der Waals surface area contributed by atoms with E-state index in [0.29, 0.717) is 23.4 Å². The number of carbonyl (C=O) groups is 1. The van der Waals surface area contributed by atoms with E-state index in [1.54, 1.807) is 23.7 Å². The minimum Gasteiger partial charge on any atom is -0.419 e. The Balaban J connectivity index is 1.12. The molecule has 1 saturated carbocycles. The van der Waals surface area contributed by atoms with Crippen LogP contribution >= 0.6 is 11.3 Å². The second-order valence-corrected chi connectivity index (χ2v) is 9.82. The first kappa shape index (κ1) is 20.3. The molecule has 2 aliphatic rings. The molecule has 0 aromatic carbocycles. The molecule has 1 amide bonds. The number of nitrogens with zero attached hydrogens (tertiary/aromatic N) is 4. The summed E-state index contributed by atoms with van der Waals surface area (Å²) in [6.07, 6.45) is 12.2. The number of hydrogen-bond donors (Lipinski definition) is 1. The fourth-order valence-corrected chi connectivity index (χ4v) is 5.72. The van der Waals surface area contributed by atoms with Crippen LogP contribution in [-0.4, -0.2) is 32.6 Å². The maximum Gasteiger partial charge on any atom is 0.267 e. The molecule has 1 N–H and O–H groups in total. The molecule has 0 unspecified atom stereocenters. The van der Waals surface area contributed by atoms with Crippen molar-refractivity contribution in [1.29, 1.82) is 0 Å². The Hall–Kier alpha value is -2.61. The summed E-state index contributed by atoms with van der Waals surface area (Å²) in [6, 6.07) is 2.11. The largest absolute Gasteiger partial charge is 0.419 e.